The number of phenols is 1. The maximum atomic E-state index is 10.1. The van der Waals surface area contributed by atoms with E-state index in [-0.39, 0.29) is 5.75 Å². The van der Waals surface area contributed by atoms with Gasteiger partial charge in [-0.05, 0) is 31.2 Å². The van der Waals surface area contributed by atoms with E-state index in [9.17, 15) is 9.90 Å². The van der Waals surface area contributed by atoms with Gasteiger partial charge in [0.05, 0.1) is 6.61 Å². The van der Waals surface area contributed by atoms with Crippen molar-refractivity contribution in [3.63, 3.8) is 0 Å². The van der Waals surface area contributed by atoms with Crippen LogP contribution >= 0.6 is 0 Å². The predicted molar refractivity (Wildman–Crippen MR) is 54.4 cm³/mol. The van der Waals surface area contributed by atoms with E-state index in [2.05, 4.69) is 0 Å². The molecule has 1 N–H and O–H groups in total. The molecule has 0 aromatic heterocycles. The molecule has 3 nitrogen and oxygen atoms in total. The molecule has 0 heterocycles. The summed E-state index contributed by atoms with van der Waals surface area (Å²) in [5.41, 5.74) is 0.598. The van der Waals surface area contributed by atoms with Crippen LogP contribution in [0.5, 0.6) is 11.5 Å². The van der Waals surface area contributed by atoms with Gasteiger partial charge in [0.2, 0.25) is 0 Å². The lowest BCUT2D eigenvalue weighted by atomic mass is 10.2. The molecule has 14 heavy (non-hydrogen) atoms. The van der Waals surface area contributed by atoms with Gasteiger partial charge >= 0.3 is 0 Å². The van der Waals surface area contributed by atoms with E-state index < -0.39 is 0 Å². The molecule has 0 aliphatic heterocycles. The molecular formula is C11H12O3. The van der Waals surface area contributed by atoms with E-state index in [0.29, 0.717) is 24.2 Å². The zero-order valence-corrected chi connectivity index (χ0v) is 7.93. The molecule has 0 atom stereocenters. The molecule has 1 rings (SSSR count). The van der Waals surface area contributed by atoms with Crippen LogP contribution in [-0.4, -0.2) is 18.0 Å². The summed E-state index contributed by atoms with van der Waals surface area (Å²) in [6, 6.07) is 4.96. The topological polar surface area (TPSA) is 46.5 Å². The fraction of sp³-hybridized carbons (Fsp3) is 0.182. The minimum Gasteiger partial charge on any atom is -0.507 e. The predicted octanol–water partition coefficient (Wildman–Crippen LogP) is 2.00. The zero-order valence-electron chi connectivity index (χ0n) is 7.93. The van der Waals surface area contributed by atoms with Crippen LogP contribution in [0.15, 0.2) is 24.3 Å². The van der Waals surface area contributed by atoms with Crippen molar-refractivity contribution in [2.24, 2.45) is 0 Å². The minimum atomic E-state index is 0.106. The Labute approximate surface area is 82.6 Å². The van der Waals surface area contributed by atoms with E-state index in [1.165, 1.54) is 18.2 Å². The van der Waals surface area contributed by atoms with Crippen molar-refractivity contribution in [3.8, 4) is 11.5 Å². The maximum absolute atomic E-state index is 10.1. The summed E-state index contributed by atoms with van der Waals surface area (Å²) in [7, 11) is 0. The second-order valence-corrected chi connectivity index (χ2v) is 2.65. The van der Waals surface area contributed by atoms with Crippen LogP contribution in [0.1, 0.15) is 12.5 Å². The Morgan fingerprint density at radius 1 is 1.50 bits per heavy atom. The number of aromatic hydroxyl groups is 1. The number of hydrogen-bond donors (Lipinski definition) is 1. The van der Waals surface area contributed by atoms with Gasteiger partial charge in [-0.3, -0.25) is 4.79 Å². The van der Waals surface area contributed by atoms with Crippen molar-refractivity contribution < 1.29 is 14.6 Å². The fourth-order valence-corrected chi connectivity index (χ4v) is 1.06. The summed E-state index contributed by atoms with van der Waals surface area (Å²) in [4.78, 5) is 10.1. The number of carbonyl (C=O) groups is 1. The summed E-state index contributed by atoms with van der Waals surface area (Å²) < 4.78 is 5.19. The van der Waals surface area contributed by atoms with Gasteiger partial charge in [-0.25, -0.2) is 0 Å². The number of carbonyl (C=O) groups excluding carboxylic acids is 1. The van der Waals surface area contributed by atoms with Crippen molar-refractivity contribution in [1.82, 2.24) is 0 Å². The highest BCUT2D eigenvalue weighted by molar-refractivity contribution is 5.75. The Balaban J connectivity index is 2.89. The van der Waals surface area contributed by atoms with Crippen LogP contribution in [0.3, 0.4) is 0 Å². The number of phenolic OH excluding ortho intramolecular Hbond substituents is 1. The van der Waals surface area contributed by atoms with Crippen LogP contribution < -0.4 is 4.74 Å². The lowest BCUT2D eigenvalue weighted by molar-refractivity contribution is -0.104. The Morgan fingerprint density at radius 3 is 2.86 bits per heavy atom. The molecular weight excluding hydrogens is 180 g/mol. The molecule has 0 fully saturated rings. The van der Waals surface area contributed by atoms with Crippen molar-refractivity contribution in [2.75, 3.05) is 6.61 Å². The fourth-order valence-electron chi connectivity index (χ4n) is 1.06. The molecule has 0 aliphatic rings. The number of aldehydes is 1. The van der Waals surface area contributed by atoms with Gasteiger partial charge in [0, 0.05) is 11.6 Å². The number of hydrogen-bond acceptors (Lipinski definition) is 3. The third-order valence-corrected chi connectivity index (χ3v) is 1.67. The van der Waals surface area contributed by atoms with E-state index in [0.717, 1.165) is 0 Å². The van der Waals surface area contributed by atoms with E-state index in [1.807, 2.05) is 6.92 Å². The third-order valence-electron chi connectivity index (χ3n) is 1.67. The summed E-state index contributed by atoms with van der Waals surface area (Å²) in [5.74, 6) is 0.724. The van der Waals surface area contributed by atoms with Gasteiger partial charge < -0.3 is 9.84 Å². The second-order valence-electron chi connectivity index (χ2n) is 2.65. The smallest absolute Gasteiger partial charge is 0.142 e. The average molecular weight is 192 g/mol. The Morgan fingerprint density at radius 2 is 2.29 bits per heavy atom. The highest BCUT2D eigenvalue weighted by atomic mass is 16.5. The Hall–Kier alpha value is -1.77. The van der Waals surface area contributed by atoms with Gasteiger partial charge in [-0.15, -0.1) is 0 Å². The van der Waals surface area contributed by atoms with Crippen LogP contribution in [0.2, 0.25) is 0 Å². The van der Waals surface area contributed by atoms with Crippen molar-refractivity contribution in [2.45, 2.75) is 6.92 Å². The molecule has 0 saturated heterocycles. The molecule has 1 aromatic carbocycles. The van der Waals surface area contributed by atoms with Crippen LogP contribution in [0.4, 0.5) is 0 Å². The van der Waals surface area contributed by atoms with Crippen molar-refractivity contribution >= 4 is 12.4 Å². The molecule has 0 saturated carbocycles. The van der Waals surface area contributed by atoms with Crippen LogP contribution in [-0.2, 0) is 4.79 Å². The first kappa shape index (κ1) is 10.3. The minimum absolute atomic E-state index is 0.106. The molecule has 3 heteroatoms. The van der Waals surface area contributed by atoms with Gasteiger partial charge in [0.25, 0.3) is 0 Å². The zero-order chi connectivity index (χ0) is 10.4. The van der Waals surface area contributed by atoms with Crippen LogP contribution in [0.25, 0.3) is 6.08 Å². The van der Waals surface area contributed by atoms with E-state index >= 15 is 0 Å². The lowest BCUT2D eigenvalue weighted by Gasteiger charge is -2.04. The summed E-state index contributed by atoms with van der Waals surface area (Å²) >= 11 is 0. The van der Waals surface area contributed by atoms with Crippen molar-refractivity contribution in [3.05, 3.63) is 29.8 Å². The maximum Gasteiger partial charge on any atom is 0.142 e. The molecule has 0 aliphatic carbocycles. The highest BCUT2D eigenvalue weighted by Gasteiger charge is 1.99. The summed E-state index contributed by atoms with van der Waals surface area (Å²) in [6.07, 6.45) is 3.53. The molecule has 0 unspecified atom stereocenters. The second kappa shape index (κ2) is 5.07. The largest absolute Gasteiger partial charge is 0.507 e. The molecule has 1 aromatic rings. The van der Waals surface area contributed by atoms with E-state index in [4.69, 9.17) is 4.74 Å². The molecule has 0 bridgehead atoms. The first-order chi connectivity index (χ1) is 6.77. The number of allylic oxidation sites excluding steroid dienone is 1. The Bertz CT molecular complexity index is 342. The third kappa shape index (κ3) is 2.62. The number of rotatable bonds is 4. The first-order valence-electron chi connectivity index (χ1n) is 4.35. The molecule has 0 spiro atoms. The lowest BCUT2D eigenvalue weighted by Crippen LogP contribution is -1.90. The quantitative estimate of drug-likeness (QED) is 0.586. The highest BCUT2D eigenvalue weighted by Crippen LogP contribution is 2.24. The van der Waals surface area contributed by atoms with Gasteiger partial charge in [-0.1, -0.05) is 0 Å². The summed E-state index contributed by atoms with van der Waals surface area (Å²) in [5, 5.41) is 9.50. The van der Waals surface area contributed by atoms with Gasteiger partial charge in [0.1, 0.15) is 17.8 Å². The monoisotopic (exact) mass is 192 g/mol. The average Bonchev–Trinajstić information content (AvgIpc) is 2.17. The SMILES string of the molecule is CCOc1ccc(C=CC=O)c(O)c1. The normalized spacial score (nSPS) is 10.4. The standard InChI is InChI=1S/C11H12O3/c1-2-14-10-6-5-9(4-3-7-12)11(13)8-10/h3-8,13H,2H2,1H3. The summed E-state index contributed by atoms with van der Waals surface area (Å²) in [6.45, 7) is 2.43. The molecule has 0 amide bonds. The van der Waals surface area contributed by atoms with Gasteiger partial charge in [-0.2, -0.15) is 0 Å². The molecule has 0 radical (unpaired) electrons. The number of ether oxygens (including phenoxy) is 1. The van der Waals surface area contributed by atoms with Crippen molar-refractivity contribution in [1.29, 1.82) is 0 Å². The Kier molecular flexibility index (Phi) is 3.73. The van der Waals surface area contributed by atoms with E-state index in [1.54, 1.807) is 12.1 Å². The molecule has 74 valence electrons. The number of benzene rings is 1. The van der Waals surface area contributed by atoms with Gasteiger partial charge in [0.15, 0.2) is 0 Å². The first-order valence-corrected chi connectivity index (χ1v) is 4.35. The van der Waals surface area contributed by atoms with Crippen LogP contribution in [0, 0.1) is 0 Å².